The molecule has 0 bridgehead atoms. The molecular formula is C9H5BrF6O2. The van der Waals surface area contributed by atoms with E-state index in [0.717, 1.165) is 12.1 Å². The van der Waals surface area contributed by atoms with Crippen LogP contribution in [0.2, 0.25) is 0 Å². The molecule has 1 aromatic carbocycles. The predicted molar refractivity (Wildman–Crippen MR) is 51.8 cm³/mol. The van der Waals surface area contributed by atoms with Crippen molar-refractivity contribution >= 4 is 15.9 Å². The zero-order chi connectivity index (χ0) is 14.0. The van der Waals surface area contributed by atoms with Gasteiger partial charge in [-0.05, 0) is 24.3 Å². The third-order valence-electron chi connectivity index (χ3n) is 1.57. The van der Waals surface area contributed by atoms with E-state index in [1.165, 1.54) is 12.1 Å². The summed E-state index contributed by atoms with van der Waals surface area (Å²) in [7, 11) is 0. The number of hydrogen-bond donors (Lipinski definition) is 0. The molecule has 0 radical (unpaired) electrons. The minimum absolute atomic E-state index is 0.503. The Labute approximate surface area is 106 Å². The highest BCUT2D eigenvalue weighted by Gasteiger charge is 2.50. The summed E-state index contributed by atoms with van der Waals surface area (Å²) in [6.07, 6.45) is -14.2. The molecule has 9 heteroatoms. The molecular weight excluding hydrogens is 334 g/mol. The Morgan fingerprint density at radius 2 is 1.50 bits per heavy atom. The number of hydrogen-bond acceptors (Lipinski definition) is 2. The maximum absolute atomic E-state index is 12.9. The highest BCUT2D eigenvalue weighted by Crippen LogP contribution is 2.32. The summed E-state index contributed by atoms with van der Waals surface area (Å²) >= 11 is 3.00. The van der Waals surface area contributed by atoms with Crippen LogP contribution in [0.15, 0.2) is 28.7 Å². The van der Waals surface area contributed by atoms with Crippen molar-refractivity contribution in [3.05, 3.63) is 28.7 Å². The van der Waals surface area contributed by atoms with Gasteiger partial charge >= 0.3 is 18.8 Å². The molecule has 0 amide bonds. The van der Waals surface area contributed by atoms with Crippen LogP contribution in [0, 0.1) is 0 Å². The van der Waals surface area contributed by atoms with Gasteiger partial charge in [-0.1, -0.05) is 15.9 Å². The van der Waals surface area contributed by atoms with Crippen LogP contribution in [-0.2, 0) is 4.74 Å². The molecule has 1 atom stereocenters. The number of benzene rings is 1. The Kier molecular flexibility index (Phi) is 4.49. The van der Waals surface area contributed by atoms with E-state index in [4.69, 9.17) is 0 Å². The molecule has 0 aliphatic rings. The Morgan fingerprint density at radius 1 is 1.00 bits per heavy atom. The van der Waals surface area contributed by atoms with E-state index >= 15 is 0 Å². The quantitative estimate of drug-likeness (QED) is 0.764. The molecule has 2 nitrogen and oxygen atoms in total. The Hall–Kier alpha value is -0.960. The van der Waals surface area contributed by atoms with E-state index in [2.05, 4.69) is 25.4 Å². The molecule has 0 saturated heterocycles. The SMILES string of the molecule is F[C@H](OC(F)(F)F)C(F)(F)Oc1ccc(Br)cc1. The van der Waals surface area contributed by atoms with Gasteiger partial charge < -0.3 is 4.74 Å². The minimum Gasteiger partial charge on any atom is -0.429 e. The van der Waals surface area contributed by atoms with Crippen molar-refractivity contribution in [1.29, 1.82) is 0 Å². The summed E-state index contributed by atoms with van der Waals surface area (Å²) in [4.78, 5) is 0. The zero-order valence-electron chi connectivity index (χ0n) is 8.35. The Balaban J connectivity index is 2.71. The van der Waals surface area contributed by atoms with Gasteiger partial charge in [-0.15, -0.1) is 13.2 Å². The van der Waals surface area contributed by atoms with Crippen LogP contribution in [0.3, 0.4) is 0 Å². The number of alkyl halides is 6. The van der Waals surface area contributed by atoms with Crippen LogP contribution in [-0.4, -0.2) is 18.8 Å². The second-order valence-corrected chi connectivity index (χ2v) is 3.91. The average Bonchev–Trinajstić information content (AvgIpc) is 2.18. The van der Waals surface area contributed by atoms with Gasteiger partial charge in [0.15, 0.2) is 0 Å². The van der Waals surface area contributed by atoms with Crippen LogP contribution in [0.4, 0.5) is 26.3 Å². The molecule has 1 aromatic rings. The highest BCUT2D eigenvalue weighted by molar-refractivity contribution is 9.10. The first-order valence-electron chi connectivity index (χ1n) is 4.31. The third-order valence-corrected chi connectivity index (χ3v) is 2.10. The van der Waals surface area contributed by atoms with Gasteiger partial charge in [-0.3, -0.25) is 0 Å². The molecule has 18 heavy (non-hydrogen) atoms. The topological polar surface area (TPSA) is 18.5 Å². The lowest BCUT2D eigenvalue weighted by atomic mass is 10.3. The summed E-state index contributed by atoms with van der Waals surface area (Å²) in [6.45, 7) is 0. The predicted octanol–water partition coefficient (Wildman–Crippen LogP) is 4.25. The fraction of sp³-hybridized carbons (Fsp3) is 0.333. The highest BCUT2D eigenvalue weighted by atomic mass is 79.9. The van der Waals surface area contributed by atoms with E-state index < -0.39 is 24.6 Å². The molecule has 0 aliphatic carbocycles. The fourth-order valence-corrected chi connectivity index (χ4v) is 1.16. The minimum atomic E-state index is -5.52. The summed E-state index contributed by atoms with van der Waals surface area (Å²) in [5.41, 5.74) is 0. The van der Waals surface area contributed by atoms with E-state index in [1.807, 2.05) is 0 Å². The average molecular weight is 339 g/mol. The first-order valence-corrected chi connectivity index (χ1v) is 5.10. The first kappa shape index (κ1) is 15.1. The van der Waals surface area contributed by atoms with Crippen LogP contribution in [0.5, 0.6) is 5.75 Å². The lowest BCUT2D eigenvalue weighted by Gasteiger charge is -2.22. The molecule has 0 unspecified atom stereocenters. The second-order valence-electron chi connectivity index (χ2n) is 3.00. The molecule has 0 spiro atoms. The van der Waals surface area contributed by atoms with Gasteiger partial charge in [0.1, 0.15) is 5.75 Å². The van der Waals surface area contributed by atoms with Gasteiger partial charge in [0, 0.05) is 4.47 Å². The van der Waals surface area contributed by atoms with Crippen LogP contribution >= 0.6 is 15.9 Å². The number of halogens is 7. The molecule has 0 fully saturated rings. The molecule has 0 aliphatic heterocycles. The smallest absolute Gasteiger partial charge is 0.429 e. The van der Waals surface area contributed by atoms with Crippen molar-refractivity contribution in [3.63, 3.8) is 0 Å². The number of ether oxygens (including phenoxy) is 2. The maximum Gasteiger partial charge on any atom is 0.525 e. The lowest BCUT2D eigenvalue weighted by molar-refractivity contribution is -0.411. The largest absolute Gasteiger partial charge is 0.525 e. The second kappa shape index (κ2) is 5.35. The monoisotopic (exact) mass is 338 g/mol. The molecule has 0 aromatic heterocycles. The van der Waals surface area contributed by atoms with Crippen molar-refractivity contribution in [3.8, 4) is 5.75 Å². The van der Waals surface area contributed by atoms with Gasteiger partial charge in [0.2, 0.25) is 0 Å². The lowest BCUT2D eigenvalue weighted by Crippen LogP contribution is -2.41. The first-order chi connectivity index (χ1) is 8.10. The fourth-order valence-electron chi connectivity index (χ4n) is 0.892. The standard InChI is InChI=1S/C9H5BrF6O2/c10-5-1-3-6(4-2-5)17-8(12,13)7(11)18-9(14,15)16/h1-4,7H/t7-/m1/s1. The van der Waals surface area contributed by atoms with E-state index in [-0.39, 0.29) is 0 Å². The summed E-state index contributed by atoms with van der Waals surface area (Å²) < 4.78 is 80.0. The number of rotatable bonds is 4. The third kappa shape index (κ3) is 4.73. The van der Waals surface area contributed by atoms with Crippen molar-refractivity contribution in [2.75, 3.05) is 0 Å². The summed E-state index contributed by atoms with van der Waals surface area (Å²) in [6, 6.07) is 4.64. The van der Waals surface area contributed by atoms with Crippen molar-refractivity contribution in [2.24, 2.45) is 0 Å². The van der Waals surface area contributed by atoms with E-state index in [0.29, 0.717) is 4.47 Å². The van der Waals surface area contributed by atoms with Gasteiger partial charge in [0.25, 0.3) is 0 Å². The van der Waals surface area contributed by atoms with Crippen LogP contribution in [0.1, 0.15) is 0 Å². The maximum atomic E-state index is 12.9. The summed E-state index contributed by atoms with van der Waals surface area (Å²) in [5.74, 6) is -0.503. The van der Waals surface area contributed by atoms with Gasteiger partial charge in [0.05, 0.1) is 0 Å². The molecule has 0 N–H and O–H groups in total. The molecule has 0 heterocycles. The van der Waals surface area contributed by atoms with Gasteiger partial charge in [-0.25, -0.2) is 9.13 Å². The van der Waals surface area contributed by atoms with Crippen molar-refractivity contribution in [1.82, 2.24) is 0 Å². The van der Waals surface area contributed by atoms with Crippen molar-refractivity contribution in [2.45, 2.75) is 18.8 Å². The normalized spacial score (nSPS) is 14.4. The van der Waals surface area contributed by atoms with Gasteiger partial charge in [-0.2, -0.15) is 8.78 Å². The van der Waals surface area contributed by atoms with Crippen LogP contribution in [0.25, 0.3) is 0 Å². The zero-order valence-corrected chi connectivity index (χ0v) is 9.93. The van der Waals surface area contributed by atoms with Crippen molar-refractivity contribution < 1.29 is 35.8 Å². The molecule has 102 valence electrons. The van der Waals surface area contributed by atoms with Crippen LogP contribution < -0.4 is 4.74 Å². The molecule has 0 saturated carbocycles. The molecule has 1 rings (SSSR count). The summed E-state index contributed by atoms with van der Waals surface area (Å²) in [5, 5.41) is 0. The van der Waals surface area contributed by atoms with E-state index in [9.17, 15) is 26.3 Å². The van der Waals surface area contributed by atoms with E-state index in [1.54, 1.807) is 0 Å². The Morgan fingerprint density at radius 3 is 1.94 bits per heavy atom. The Bertz CT molecular complexity index is 391.